The number of carbonyl (C=O) groups excluding carboxylic acids is 1. The molecule has 7 nitrogen and oxygen atoms in total. The first-order valence-electron chi connectivity index (χ1n) is 12.4. The van der Waals surface area contributed by atoms with Crippen molar-refractivity contribution in [3.63, 3.8) is 0 Å². The van der Waals surface area contributed by atoms with Crippen molar-refractivity contribution < 1.29 is 14.0 Å². The van der Waals surface area contributed by atoms with E-state index in [-0.39, 0.29) is 23.7 Å². The lowest BCUT2D eigenvalue weighted by Gasteiger charge is -2.44. The Kier molecular flexibility index (Phi) is 11.5. The Morgan fingerprint density at radius 3 is 2.17 bits per heavy atom. The van der Waals surface area contributed by atoms with Gasteiger partial charge in [0.1, 0.15) is 5.60 Å². The van der Waals surface area contributed by atoms with Gasteiger partial charge in [-0.1, -0.05) is 64.4 Å². The number of ether oxygens (including phenoxy) is 1. The first-order valence-corrected chi connectivity index (χ1v) is 15.3. The first kappa shape index (κ1) is 30.7. The Morgan fingerprint density at radius 2 is 1.71 bits per heavy atom. The minimum atomic E-state index is -2.22. The molecule has 1 rings (SSSR count). The van der Waals surface area contributed by atoms with Crippen molar-refractivity contribution in [3.8, 4) is 0 Å². The van der Waals surface area contributed by atoms with Crippen LogP contribution in [0.3, 0.4) is 0 Å². The van der Waals surface area contributed by atoms with E-state index in [0.29, 0.717) is 12.0 Å². The summed E-state index contributed by atoms with van der Waals surface area (Å²) in [4.78, 5) is 13.5. The van der Waals surface area contributed by atoms with Crippen LogP contribution in [0.1, 0.15) is 73.0 Å². The van der Waals surface area contributed by atoms with E-state index in [9.17, 15) is 4.79 Å². The quantitative estimate of drug-likeness (QED) is 0.165. The van der Waals surface area contributed by atoms with Crippen molar-refractivity contribution in [3.05, 3.63) is 47.5 Å². The molecule has 0 aliphatic heterocycles. The van der Waals surface area contributed by atoms with Crippen molar-refractivity contribution in [1.82, 2.24) is 10.4 Å². The Bertz CT molecular complexity index is 857. The molecule has 35 heavy (non-hydrogen) atoms. The summed E-state index contributed by atoms with van der Waals surface area (Å²) in [6.45, 7) is 18.9. The smallest absolute Gasteiger partial charge is 0.425 e. The number of hydrogen-bond acceptors (Lipinski definition) is 6. The summed E-state index contributed by atoms with van der Waals surface area (Å²) in [7, 11) is -2.22. The zero-order valence-electron chi connectivity index (χ0n) is 23.1. The van der Waals surface area contributed by atoms with E-state index in [1.54, 1.807) is 5.01 Å². The van der Waals surface area contributed by atoms with Crippen LogP contribution in [0.4, 0.5) is 4.79 Å². The molecule has 196 valence electrons. The molecule has 2 atom stereocenters. The van der Waals surface area contributed by atoms with Gasteiger partial charge in [-0.3, -0.25) is 0 Å². The molecule has 0 fully saturated rings. The summed E-state index contributed by atoms with van der Waals surface area (Å²) in [5.74, 6) is 0. The molecule has 0 saturated carbocycles. The first-order chi connectivity index (χ1) is 16.2. The number of nitrogens with one attached hydrogen (secondary N) is 3. The monoisotopic (exact) mass is 502 g/mol. The van der Waals surface area contributed by atoms with Gasteiger partial charge in [0, 0.05) is 19.0 Å². The summed E-state index contributed by atoms with van der Waals surface area (Å²) >= 11 is 0. The van der Waals surface area contributed by atoms with Crippen LogP contribution in [-0.2, 0) is 9.16 Å². The van der Waals surface area contributed by atoms with Gasteiger partial charge in [0.25, 0.3) is 0 Å². The number of hydrogen-bond donors (Lipinski definition) is 3. The number of hydrazine groups is 1. The van der Waals surface area contributed by atoms with Gasteiger partial charge in [-0.25, -0.2) is 15.2 Å². The van der Waals surface area contributed by atoms with Gasteiger partial charge in [-0.15, -0.1) is 0 Å². The highest BCUT2D eigenvalue weighted by atomic mass is 28.4. The van der Waals surface area contributed by atoms with Gasteiger partial charge in [0.2, 0.25) is 0 Å². The molecule has 3 N–H and O–H groups in total. The highest BCUT2D eigenvalue weighted by Crippen LogP contribution is 2.42. The topological polar surface area (TPSA) is 98.5 Å². The molecule has 0 heterocycles. The lowest BCUT2D eigenvalue weighted by Crippen LogP contribution is -2.56. The van der Waals surface area contributed by atoms with Gasteiger partial charge in [-0.2, -0.15) is 0 Å². The fourth-order valence-corrected chi connectivity index (χ4v) is 4.57. The van der Waals surface area contributed by atoms with Crippen LogP contribution in [0.15, 0.2) is 42.0 Å². The number of nitrogens with zero attached hydrogens (tertiary/aromatic N) is 1. The van der Waals surface area contributed by atoms with Crippen molar-refractivity contribution >= 4 is 26.8 Å². The zero-order valence-corrected chi connectivity index (χ0v) is 24.1. The molecule has 0 aliphatic rings. The van der Waals surface area contributed by atoms with Crippen molar-refractivity contribution in [2.75, 3.05) is 6.54 Å². The van der Waals surface area contributed by atoms with Gasteiger partial charge in [-0.05, 0) is 62.5 Å². The Labute approximate surface area is 213 Å². The van der Waals surface area contributed by atoms with E-state index in [1.807, 2.05) is 51.1 Å². The molecule has 0 aliphatic carbocycles. The Balaban J connectivity index is 3.59. The van der Waals surface area contributed by atoms with E-state index in [4.69, 9.17) is 20.0 Å². The molecule has 1 aromatic carbocycles. The molecule has 0 spiro atoms. The van der Waals surface area contributed by atoms with Gasteiger partial charge < -0.3 is 20.0 Å². The van der Waals surface area contributed by atoms with Crippen LogP contribution in [0.25, 0.3) is 0 Å². The summed E-state index contributed by atoms with van der Waals surface area (Å²) in [5.41, 5.74) is 4.12. The second kappa shape index (κ2) is 13.1. The van der Waals surface area contributed by atoms with Crippen LogP contribution in [0.5, 0.6) is 0 Å². The Hall–Kier alpha value is -2.29. The maximum atomic E-state index is 13.5. The highest BCUT2D eigenvalue weighted by molar-refractivity contribution is 6.74. The Morgan fingerprint density at radius 1 is 1.11 bits per heavy atom. The normalized spacial score (nSPS) is 14.7. The van der Waals surface area contributed by atoms with Crippen molar-refractivity contribution in [1.29, 1.82) is 10.8 Å². The average molecular weight is 503 g/mol. The van der Waals surface area contributed by atoms with E-state index in [2.05, 4.69) is 46.2 Å². The molecule has 0 unspecified atom stereocenters. The lowest BCUT2D eigenvalue weighted by atomic mass is 9.98. The largest absolute Gasteiger partial charge is 0.443 e. The fraction of sp³-hybridized carbons (Fsp3) is 0.593. The van der Waals surface area contributed by atoms with E-state index >= 15 is 0 Å². The molecule has 0 bridgehead atoms. The molecular formula is C27H46N4O3Si. The number of allylic oxidation sites excluding steroid dienone is 1. The lowest BCUT2D eigenvalue weighted by molar-refractivity contribution is -0.0225. The molecule has 1 aromatic rings. The van der Waals surface area contributed by atoms with Crippen LogP contribution in [-0.4, -0.2) is 50.0 Å². The molecule has 0 saturated heterocycles. The predicted octanol–water partition coefficient (Wildman–Crippen LogP) is 6.89. The third kappa shape index (κ3) is 9.70. The molecule has 8 heteroatoms. The van der Waals surface area contributed by atoms with Crippen LogP contribution >= 0.6 is 0 Å². The molecule has 0 radical (unpaired) electrons. The second-order valence-electron chi connectivity index (χ2n) is 11.3. The van der Waals surface area contributed by atoms with Crippen LogP contribution in [0.2, 0.25) is 18.1 Å². The summed E-state index contributed by atoms with van der Waals surface area (Å²) in [6, 6.07) is 9.71. The molecule has 0 aromatic heterocycles. The predicted molar refractivity (Wildman–Crippen MR) is 148 cm³/mol. The molecule has 1 amide bonds. The van der Waals surface area contributed by atoms with E-state index in [0.717, 1.165) is 18.2 Å². The zero-order chi connectivity index (χ0) is 26.9. The van der Waals surface area contributed by atoms with Crippen molar-refractivity contribution in [2.24, 2.45) is 0 Å². The second-order valence-corrected chi connectivity index (χ2v) is 16.1. The van der Waals surface area contributed by atoms with Crippen LogP contribution in [0, 0.1) is 10.8 Å². The van der Waals surface area contributed by atoms with E-state index in [1.165, 1.54) is 12.3 Å². The minimum Gasteiger partial charge on any atom is -0.443 e. The average Bonchev–Trinajstić information content (AvgIpc) is 2.74. The van der Waals surface area contributed by atoms with Gasteiger partial charge in [0.05, 0.1) is 12.1 Å². The maximum absolute atomic E-state index is 13.5. The summed E-state index contributed by atoms with van der Waals surface area (Å²) < 4.78 is 12.8. The third-order valence-electron chi connectivity index (χ3n) is 6.15. The minimum absolute atomic E-state index is 0.0129. The third-order valence-corrected chi connectivity index (χ3v) is 10.6. The number of benzene rings is 1. The standard InChI is InChI=1S/C27H46N4O3Si/c1-10-14-23(24(22-15-12-11-13-16-22)34-35(8,9)27(5,6)7)31(25(32)33-26(2,3)4)30-20-21(19-29)17-18-28/h11-13,15-19,23-24,28-30H,10,14,20H2,1-9H3/b21-17+,28-18?,29-19?/t23-,24-/m1/s1. The van der Waals surface area contributed by atoms with E-state index < -0.39 is 20.0 Å². The number of carbonyl (C=O) groups is 1. The fourth-order valence-electron chi connectivity index (χ4n) is 3.29. The van der Waals surface area contributed by atoms with Crippen LogP contribution < -0.4 is 5.43 Å². The highest BCUT2D eigenvalue weighted by Gasteiger charge is 2.43. The maximum Gasteiger partial charge on any atom is 0.425 e. The summed E-state index contributed by atoms with van der Waals surface area (Å²) in [6.07, 6.45) is 4.51. The molecular weight excluding hydrogens is 456 g/mol. The SMILES string of the molecule is CCC[C@H]([C@H](O[Si](C)(C)C(C)(C)C)c1ccccc1)N(NC/C(C=N)=C/C=N)C(=O)OC(C)(C)C. The summed E-state index contributed by atoms with van der Waals surface area (Å²) in [5, 5.41) is 16.6. The number of rotatable bonds is 12. The number of amides is 1. The van der Waals surface area contributed by atoms with Gasteiger partial charge in [0.15, 0.2) is 8.32 Å². The van der Waals surface area contributed by atoms with Gasteiger partial charge >= 0.3 is 6.09 Å². The van der Waals surface area contributed by atoms with Crippen molar-refractivity contribution in [2.45, 2.75) is 97.2 Å².